The fourth-order valence-electron chi connectivity index (χ4n) is 1.97. The van der Waals surface area contributed by atoms with Gasteiger partial charge < -0.3 is 8.83 Å². The molecule has 0 saturated heterocycles. The van der Waals surface area contributed by atoms with E-state index in [2.05, 4.69) is 21.1 Å². The first-order chi connectivity index (χ1) is 12.7. The summed E-state index contributed by atoms with van der Waals surface area (Å²) in [6.07, 6.45) is 5.74. The van der Waals surface area contributed by atoms with Gasteiger partial charge in [-0.25, -0.2) is 10.9 Å². The van der Waals surface area contributed by atoms with E-state index < -0.39 is 11.8 Å². The molecule has 1 aromatic carbocycles. The minimum absolute atomic E-state index is 0.282. The third-order valence-electron chi connectivity index (χ3n) is 3.19. The van der Waals surface area contributed by atoms with Gasteiger partial charge in [0.25, 0.3) is 11.8 Å². The van der Waals surface area contributed by atoms with Crippen molar-refractivity contribution >= 4 is 24.2 Å². The Labute approximate surface area is 148 Å². The largest absolute Gasteiger partial charge is 0.463 e. The summed E-state index contributed by atoms with van der Waals surface area (Å²) in [5.41, 5.74) is 5.29. The molecule has 0 saturated carbocycles. The standard InChI is InChI=1S/C18H14N4O4/c23-17(21-19-11-15-6-2-8-25-15)13-4-1-5-14(10-13)18(24)22-20-12-16-7-3-9-26-16/h1-12H,(H,21,23)(H,22,24)/b19-11+,20-12+. The zero-order valence-electron chi connectivity index (χ0n) is 13.5. The SMILES string of the molecule is O=C(N/N=C/c1ccco1)c1cccc(C(=O)N/N=C/c2ccco2)c1. The van der Waals surface area contributed by atoms with Crippen molar-refractivity contribution in [1.82, 2.24) is 10.9 Å². The van der Waals surface area contributed by atoms with Crippen LogP contribution in [-0.2, 0) is 0 Å². The molecule has 0 aliphatic heterocycles. The number of rotatable bonds is 6. The molecular weight excluding hydrogens is 336 g/mol. The number of hydrazone groups is 2. The molecule has 26 heavy (non-hydrogen) atoms. The fraction of sp³-hybridized carbons (Fsp3) is 0. The molecule has 0 spiro atoms. The van der Waals surface area contributed by atoms with Crippen LogP contribution in [0.4, 0.5) is 0 Å². The number of carbonyl (C=O) groups excluding carboxylic acids is 2. The summed E-state index contributed by atoms with van der Waals surface area (Å²) in [5.74, 6) is 0.101. The van der Waals surface area contributed by atoms with Crippen molar-refractivity contribution in [3.05, 3.63) is 83.7 Å². The monoisotopic (exact) mass is 350 g/mol. The maximum absolute atomic E-state index is 12.1. The van der Waals surface area contributed by atoms with Crippen molar-refractivity contribution in [3.8, 4) is 0 Å². The van der Waals surface area contributed by atoms with Gasteiger partial charge in [-0.2, -0.15) is 10.2 Å². The van der Waals surface area contributed by atoms with Crippen LogP contribution in [0.15, 0.2) is 80.1 Å². The lowest BCUT2D eigenvalue weighted by Gasteiger charge is -2.03. The predicted octanol–water partition coefficient (Wildman–Crippen LogP) is 2.40. The lowest BCUT2D eigenvalue weighted by Crippen LogP contribution is -2.20. The summed E-state index contributed by atoms with van der Waals surface area (Å²) in [7, 11) is 0. The molecule has 2 amide bonds. The molecule has 2 N–H and O–H groups in total. The predicted molar refractivity (Wildman–Crippen MR) is 94.0 cm³/mol. The molecule has 130 valence electrons. The second-order valence-corrected chi connectivity index (χ2v) is 5.01. The molecule has 8 heteroatoms. The normalized spacial score (nSPS) is 11.1. The Morgan fingerprint density at radius 1 is 0.769 bits per heavy atom. The highest BCUT2D eigenvalue weighted by molar-refractivity contribution is 6.00. The Kier molecular flexibility index (Phi) is 5.36. The Morgan fingerprint density at radius 2 is 1.27 bits per heavy atom. The minimum Gasteiger partial charge on any atom is -0.463 e. The van der Waals surface area contributed by atoms with E-state index in [1.54, 1.807) is 42.5 Å². The number of benzene rings is 1. The first-order valence-electron chi connectivity index (χ1n) is 7.56. The lowest BCUT2D eigenvalue weighted by atomic mass is 10.1. The van der Waals surface area contributed by atoms with Gasteiger partial charge in [-0.05, 0) is 42.5 Å². The molecule has 2 aromatic heterocycles. The van der Waals surface area contributed by atoms with Gasteiger partial charge in [0.15, 0.2) is 0 Å². The molecule has 3 rings (SSSR count). The summed E-state index contributed by atoms with van der Waals surface area (Å²) in [6, 6.07) is 13.0. The van der Waals surface area contributed by atoms with Crippen LogP contribution in [-0.4, -0.2) is 24.2 Å². The van der Waals surface area contributed by atoms with Gasteiger partial charge in [0.2, 0.25) is 0 Å². The van der Waals surface area contributed by atoms with Crippen LogP contribution < -0.4 is 10.9 Å². The molecule has 0 bridgehead atoms. The summed E-state index contributed by atoms with van der Waals surface area (Å²) >= 11 is 0. The summed E-state index contributed by atoms with van der Waals surface area (Å²) < 4.78 is 10.1. The second kappa shape index (κ2) is 8.25. The number of carbonyl (C=O) groups is 2. The van der Waals surface area contributed by atoms with Gasteiger partial charge in [0.05, 0.1) is 25.0 Å². The van der Waals surface area contributed by atoms with Crippen LogP contribution in [0.2, 0.25) is 0 Å². The van der Waals surface area contributed by atoms with Crippen LogP contribution in [0.5, 0.6) is 0 Å². The third kappa shape index (κ3) is 4.54. The number of nitrogens with one attached hydrogen (secondary N) is 2. The van der Waals surface area contributed by atoms with E-state index in [1.165, 1.54) is 31.0 Å². The number of nitrogens with zero attached hydrogens (tertiary/aromatic N) is 2. The molecular formula is C18H14N4O4. The molecule has 0 fully saturated rings. The number of furan rings is 2. The molecule has 0 unspecified atom stereocenters. The molecule has 0 radical (unpaired) electrons. The van der Waals surface area contributed by atoms with Gasteiger partial charge in [-0.15, -0.1) is 0 Å². The van der Waals surface area contributed by atoms with Crippen LogP contribution in [0.25, 0.3) is 0 Å². The third-order valence-corrected chi connectivity index (χ3v) is 3.19. The summed E-state index contributed by atoms with van der Waals surface area (Å²) in [4.78, 5) is 24.2. The Balaban J connectivity index is 1.59. The summed E-state index contributed by atoms with van der Waals surface area (Å²) in [5, 5.41) is 7.58. The Hall–Kier alpha value is -3.94. The van der Waals surface area contributed by atoms with Gasteiger partial charge in [-0.1, -0.05) is 6.07 Å². The van der Waals surface area contributed by atoms with Crippen molar-refractivity contribution < 1.29 is 18.4 Å². The average Bonchev–Trinajstić information content (AvgIpc) is 3.35. The fourth-order valence-corrected chi connectivity index (χ4v) is 1.97. The molecule has 3 aromatic rings. The number of hydrogen-bond acceptors (Lipinski definition) is 6. The van der Waals surface area contributed by atoms with Crippen LogP contribution in [0.3, 0.4) is 0 Å². The van der Waals surface area contributed by atoms with Crippen LogP contribution in [0, 0.1) is 0 Å². The van der Waals surface area contributed by atoms with E-state index in [9.17, 15) is 9.59 Å². The maximum atomic E-state index is 12.1. The van der Waals surface area contributed by atoms with E-state index >= 15 is 0 Å². The minimum atomic E-state index is -0.457. The van der Waals surface area contributed by atoms with Gasteiger partial charge in [0, 0.05) is 11.1 Å². The average molecular weight is 350 g/mol. The molecule has 8 nitrogen and oxygen atoms in total. The summed E-state index contributed by atoms with van der Waals surface area (Å²) in [6.45, 7) is 0. The zero-order valence-corrected chi connectivity index (χ0v) is 13.5. The first-order valence-corrected chi connectivity index (χ1v) is 7.56. The van der Waals surface area contributed by atoms with Crippen molar-refractivity contribution in [1.29, 1.82) is 0 Å². The van der Waals surface area contributed by atoms with Gasteiger partial charge in [-0.3, -0.25) is 9.59 Å². The van der Waals surface area contributed by atoms with E-state index in [0.29, 0.717) is 11.5 Å². The highest BCUT2D eigenvalue weighted by Gasteiger charge is 2.09. The van der Waals surface area contributed by atoms with E-state index in [1.807, 2.05) is 0 Å². The number of hydrogen-bond donors (Lipinski definition) is 2. The zero-order chi connectivity index (χ0) is 18.2. The molecule has 0 aliphatic carbocycles. The van der Waals surface area contributed by atoms with Crippen LogP contribution >= 0.6 is 0 Å². The highest BCUT2D eigenvalue weighted by atomic mass is 16.3. The maximum Gasteiger partial charge on any atom is 0.271 e. The number of amides is 2. The molecule has 0 aliphatic rings. The molecule has 0 atom stereocenters. The van der Waals surface area contributed by atoms with Gasteiger partial charge in [0.1, 0.15) is 11.5 Å². The van der Waals surface area contributed by atoms with Crippen molar-refractivity contribution in [2.75, 3.05) is 0 Å². The van der Waals surface area contributed by atoms with E-state index in [0.717, 1.165) is 0 Å². The lowest BCUT2D eigenvalue weighted by molar-refractivity contribution is 0.0954. The quantitative estimate of drug-likeness (QED) is 0.525. The highest BCUT2D eigenvalue weighted by Crippen LogP contribution is 2.06. The second-order valence-electron chi connectivity index (χ2n) is 5.01. The smallest absolute Gasteiger partial charge is 0.271 e. The first kappa shape index (κ1) is 16.9. The Morgan fingerprint density at radius 3 is 1.69 bits per heavy atom. The van der Waals surface area contributed by atoms with Crippen molar-refractivity contribution in [3.63, 3.8) is 0 Å². The van der Waals surface area contributed by atoms with Crippen LogP contribution in [0.1, 0.15) is 32.2 Å². The Bertz CT molecular complexity index is 855. The van der Waals surface area contributed by atoms with E-state index in [4.69, 9.17) is 8.83 Å². The van der Waals surface area contributed by atoms with Gasteiger partial charge >= 0.3 is 0 Å². The van der Waals surface area contributed by atoms with E-state index in [-0.39, 0.29) is 11.1 Å². The topological polar surface area (TPSA) is 109 Å². The molecule has 2 heterocycles. The van der Waals surface area contributed by atoms with Crippen molar-refractivity contribution in [2.24, 2.45) is 10.2 Å². The van der Waals surface area contributed by atoms with Crippen molar-refractivity contribution in [2.45, 2.75) is 0 Å².